The van der Waals surface area contributed by atoms with Crippen LogP contribution in [0.25, 0.3) is 0 Å². The Morgan fingerprint density at radius 2 is 2.00 bits per heavy atom. The van der Waals surface area contributed by atoms with E-state index in [0.717, 1.165) is 36.0 Å². The topological polar surface area (TPSA) is 26.3 Å². The maximum absolute atomic E-state index is 11.5. The number of rotatable bonds is 2. The highest BCUT2D eigenvalue weighted by Gasteiger charge is 2.66. The average Bonchev–Trinajstić information content (AvgIpc) is 3.03. The number of ether oxygens (including phenoxy) is 1. The van der Waals surface area contributed by atoms with Gasteiger partial charge in [0.25, 0.3) is 0 Å². The van der Waals surface area contributed by atoms with E-state index in [1.165, 1.54) is 25.3 Å². The monoisotopic (exact) mass is 260 g/mol. The molecule has 0 aromatic carbocycles. The Morgan fingerprint density at radius 1 is 1.21 bits per heavy atom. The van der Waals surface area contributed by atoms with Crippen LogP contribution in [0.4, 0.5) is 0 Å². The van der Waals surface area contributed by atoms with Crippen molar-refractivity contribution in [2.45, 2.75) is 45.6 Å². The molecule has 0 heterocycles. The second kappa shape index (κ2) is 3.65. The van der Waals surface area contributed by atoms with Crippen LogP contribution in [-0.4, -0.2) is 12.1 Å². The van der Waals surface area contributed by atoms with Gasteiger partial charge in [-0.2, -0.15) is 0 Å². The summed E-state index contributed by atoms with van der Waals surface area (Å²) in [6.45, 7) is 8.45. The van der Waals surface area contributed by atoms with Gasteiger partial charge < -0.3 is 4.74 Å². The van der Waals surface area contributed by atoms with Gasteiger partial charge in [0.2, 0.25) is 0 Å². The molecule has 2 heteroatoms. The summed E-state index contributed by atoms with van der Waals surface area (Å²) in [4.78, 5) is 11.5. The van der Waals surface area contributed by atoms with Gasteiger partial charge in [0.1, 0.15) is 6.10 Å². The Balaban J connectivity index is 1.56. The summed E-state index contributed by atoms with van der Waals surface area (Å²) in [7, 11) is 0. The zero-order valence-electron chi connectivity index (χ0n) is 12.0. The van der Waals surface area contributed by atoms with Gasteiger partial charge in [-0.15, -0.1) is 0 Å². The molecule has 0 aromatic heterocycles. The molecule has 4 fully saturated rings. The fourth-order valence-corrected chi connectivity index (χ4v) is 6.51. The van der Waals surface area contributed by atoms with Crippen LogP contribution in [0.1, 0.15) is 39.5 Å². The Morgan fingerprint density at radius 3 is 2.74 bits per heavy atom. The Hall–Kier alpha value is -0.790. The smallest absolute Gasteiger partial charge is 0.330 e. The van der Waals surface area contributed by atoms with Crippen molar-refractivity contribution in [2.24, 2.45) is 40.9 Å². The van der Waals surface area contributed by atoms with Crippen molar-refractivity contribution < 1.29 is 9.53 Å². The van der Waals surface area contributed by atoms with Gasteiger partial charge in [0.05, 0.1) is 0 Å². The first-order valence-electron chi connectivity index (χ1n) is 7.84. The number of hydrogen-bond donors (Lipinski definition) is 0. The number of hydrogen-bond acceptors (Lipinski definition) is 2. The number of carbonyl (C=O) groups is 1. The van der Waals surface area contributed by atoms with Crippen molar-refractivity contribution in [1.82, 2.24) is 0 Å². The molecule has 0 saturated heterocycles. The molecule has 4 aliphatic rings. The summed E-state index contributed by atoms with van der Waals surface area (Å²) in [6, 6.07) is 0. The molecule has 7 atom stereocenters. The fourth-order valence-electron chi connectivity index (χ4n) is 6.51. The molecule has 19 heavy (non-hydrogen) atoms. The van der Waals surface area contributed by atoms with E-state index in [4.69, 9.17) is 4.74 Å². The zero-order chi connectivity index (χ0) is 13.4. The minimum absolute atomic E-state index is 0.194. The lowest BCUT2D eigenvalue weighted by Gasteiger charge is -2.44. The van der Waals surface area contributed by atoms with Crippen LogP contribution in [0.15, 0.2) is 12.7 Å². The van der Waals surface area contributed by atoms with E-state index in [-0.39, 0.29) is 12.1 Å². The minimum Gasteiger partial charge on any atom is -0.459 e. The van der Waals surface area contributed by atoms with Crippen molar-refractivity contribution >= 4 is 5.97 Å². The van der Waals surface area contributed by atoms with Crippen LogP contribution in [0, 0.1) is 40.9 Å². The lowest BCUT2D eigenvalue weighted by molar-refractivity contribution is -0.148. The van der Waals surface area contributed by atoms with Crippen LogP contribution >= 0.6 is 0 Å². The lowest BCUT2D eigenvalue weighted by Crippen LogP contribution is -2.41. The van der Waals surface area contributed by atoms with Crippen molar-refractivity contribution in [3.8, 4) is 0 Å². The van der Waals surface area contributed by atoms with Gasteiger partial charge in [-0.25, -0.2) is 4.79 Å². The zero-order valence-corrected chi connectivity index (χ0v) is 12.0. The molecule has 4 aliphatic carbocycles. The van der Waals surface area contributed by atoms with Crippen molar-refractivity contribution in [2.75, 3.05) is 0 Å². The van der Waals surface area contributed by atoms with Gasteiger partial charge in [0, 0.05) is 6.08 Å². The summed E-state index contributed by atoms with van der Waals surface area (Å²) in [5.74, 6) is 4.91. The molecule has 4 saturated carbocycles. The highest BCUT2D eigenvalue weighted by atomic mass is 16.5. The molecule has 4 bridgehead atoms. The summed E-state index contributed by atoms with van der Waals surface area (Å²) >= 11 is 0. The second-order valence-corrected chi connectivity index (χ2v) is 8.02. The molecule has 0 amide bonds. The standard InChI is InChI=1S/C17H24O2/c1-4-14(18)19-13-7-9-5-11(13)15-10-6-12(16(9)15)17(2,3)8-10/h4,9-13,15-16H,1,5-8H2,2-3H3. The molecular formula is C17H24O2. The quantitative estimate of drug-likeness (QED) is 0.432. The summed E-state index contributed by atoms with van der Waals surface area (Å²) in [5.41, 5.74) is 0.559. The van der Waals surface area contributed by atoms with Crippen LogP contribution in [0.2, 0.25) is 0 Å². The maximum atomic E-state index is 11.5. The molecule has 2 nitrogen and oxygen atoms in total. The highest BCUT2D eigenvalue weighted by Crippen LogP contribution is 2.71. The van der Waals surface area contributed by atoms with Gasteiger partial charge in [-0.1, -0.05) is 20.4 Å². The van der Waals surface area contributed by atoms with Gasteiger partial charge in [-0.3, -0.25) is 0 Å². The fraction of sp³-hybridized carbons (Fsp3) is 0.824. The molecule has 0 aliphatic heterocycles. The molecular weight excluding hydrogens is 236 g/mol. The second-order valence-electron chi connectivity index (χ2n) is 8.02. The highest BCUT2D eigenvalue weighted by molar-refractivity contribution is 5.81. The first-order chi connectivity index (χ1) is 9.01. The van der Waals surface area contributed by atoms with Crippen molar-refractivity contribution in [3.05, 3.63) is 12.7 Å². The predicted octanol–water partition coefficient (Wildman–Crippen LogP) is 3.42. The predicted molar refractivity (Wildman–Crippen MR) is 73.3 cm³/mol. The van der Waals surface area contributed by atoms with Crippen LogP contribution in [0.5, 0.6) is 0 Å². The Kier molecular flexibility index (Phi) is 2.30. The lowest BCUT2D eigenvalue weighted by atomic mass is 9.62. The molecule has 4 rings (SSSR count). The third-order valence-electron chi connectivity index (χ3n) is 6.86. The van der Waals surface area contributed by atoms with Gasteiger partial charge in [-0.05, 0) is 66.6 Å². The molecule has 0 N–H and O–H groups in total. The van der Waals surface area contributed by atoms with Gasteiger partial charge in [0.15, 0.2) is 0 Å². The first kappa shape index (κ1) is 12.0. The van der Waals surface area contributed by atoms with E-state index in [1.54, 1.807) is 0 Å². The van der Waals surface area contributed by atoms with Crippen LogP contribution in [0.3, 0.4) is 0 Å². The van der Waals surface area contributed by atoms with E-state index < -0.39 is 0 Å². The number of fused-ring (bicyclic) bond motifs is 9. The number of esters is 1. The molecule has 7 unspecified atom stereocenters. The third-order valence-corrected chi connectivity index (χ3v) is 6.86. The summed E-state index contributed by atoms with van der Waals surface area (Å²) < 4.78 is 5.61. The Labute approximate surface area is 115 Å². The van der Waals surface area contributed by atoms with Gasteiger partial charge >= 0.3 is 5.97 Å². The van der Waals surface area contributed by atoms with E-state index in [1.807, 2.05) is 0 Å². The van der Waals surface area contributed by atoms with Crippen LogP contribution in [-0.2, 0) is 9.53 Å². The van der Waals surface area contributed by atoms with E-state index in [9.17, 15) is 4.79 Å². The number of carbonyl (C=O) groups excluding carboxylic acids is 1. The SMILES string of the molecule is C=CC(=O)OC1CC2CC1C1C3CC(C21)C(C)(C)C3. The average molecular weight is 260 g/mol. The third kappa shape index (κ3) is 1.46. The van der Waals surface area contributed by atoms with Crippen molar-refractivity contribution in [1.29, 1.82) is 0 Å². The van der Waals surface area contributed by atoms with E-state index in [2.05, 4.69) is 20.4 Å². The summed E-state index contributed by atoms with van der Waals surface area (Å²) in [6.07, 6.45) is 6.77. The molecule has 0 radical (unpaired) electrons. The summed E-state index contributed by atoms with van der Waals surface area (Å²) in [5, 5.41) is 0. The van der Waals surface area contributed by atoms with E-state index in [0.29, 0.717) is 11.3 Å². The molecule has 0 aromatic rings. The maximum Gasteiger partial charge on any atom is 0.330 e. The Bertz CT molecular complexity index is 439. The van der Waals surface area contributed by atoms with Crippen molar-refractivity contribution in [3.63, 3.8) is 0 Å². The largest absolute Gasteiger partial charge is 0.459 e. The molecule has 0 spiro atoms. The first-order valence-corrected chi connectivity index (χ1v) is 7.84. The van der Waals surface area contributed by atoms with Crippen LogP contribution < -0.4 is 0 Å². The van der Waals surface area contributed by atoms with E-state index >= 15 is 0 Å². The normalized spacial score (nSPS) is 52.2. The molecule has 104 valence electrons. The minimum atomic E-state index is -0.224.